The Morgan fingerprint density at radius 3 is 2.43 bits per heavy atom. The van der Waals surface area contributed by atoms with Gasteiger partial charge in [0.15, 0.2) is 0 Å². The van der Waals surface area contributed by atoms with Crippen LogP contribution in [0.5, 0.6) is 0 Å². The van der Waals surface area contributed by atoms with Gasteiger partial charge in [-0.2, -0.15) is 0 Å². The van der Waals surface area contributed by atoms with E-state index >= 15 is 0 Å². The van der Waals surface area contributed by atoms with Crippen LogP contribution in [-0.4, -0.2) is 24.5 Å². The average Bonchev–Trinajstić information content (AvgIpc) is 2.56. The quantitative estimate of drug-likeness (QED) is 0.622. The van der Waals surface area contributed by atoms with Crippen LogP contribution in [-0.2, 0) is 0 Å². The van der Waals surface area contributed by atoms with E-state index in [1.54, 1.807) is 0 Å². The minimum Gasteiger partial charge on any atom is -0.303 e. The number of hydrogen-bond acceptors (Lipinski definition) is 1. The molecular weight excluding hydrogens is 170 g/mol. The van der Waals surface area contributed by atoms with E-state index in [1.807, 2.05) is 0 Å². The third kappa shape index (κ3) is 1.41. The van der Waals surface area contributed by atoms with E-state index in [1.165, 1.54) is 13.0 Å². The van der Waals surface area contributed by atoms with Gasteiger partial charge in [0, 0.05) is 12.6 Å². The van der Waals surface area contributed by atoms with Gasteiger partial charge in [-0.3, -0.25) is 0 Å². The molecule has 2 fully saturated rings. The van der Waals surface area contributed by atoms with Gasteiger partial charge in [-0.05, 0) is 50.0 Å². The van der Waals surface area contributed by atoms with E-state index in [9.17, 15) is 0 Å². The zero-order valence-electron chi connectivity index (χ0n) is 10.3. The zero-order chi connectivity index (χ0) is 10.5. The Bertz CT molecular complexity index is 211. The molecule has 2 rings (SSSR count). The zero-order valence-corrected chi connectivity index (χ0v) is 10.3. The number of likely N-dealkylation sites (tertiary alicyclic amines) is 1. The molecule has 1 saturated heterocycles. The summed E-state index contributed by atoms with van der Waals surface area (Å²) in [5.41, 5.74) is 0. The molecule has 2 aliphatic rings. The van der Waals surface area contributed by atoms with Crippen molar-refractivity contribution in [2.45, 2.75) is 40.2 Å². The predicted octanol–water partition coefficient (Wildman–Crippen LogP) is 2.86. The summed E-state index contributed by atoms with van der Waals surface area (Å²) in [5, 5.41) is 0. The molecule has 0 aromatic carbocycles. The lowest BCUT2D eigenvalue weighted by Crippen LogP contribution is -2.30. The van der Waals surface area contributed by atoms with Crippen molar-refractivity contribution < 1.29 is 0 Å². The van der Waals surface area contributed by atoms with Crippen molar-refractivity contribution in [3.05, 3.63) is 0 Å². The molecule has 0 radical (unpaired) electrons. The van der Waals surface area contributed by atoms with Crippen LogP contribution in [0.1, 0.15) is 34.1 Å². The molecule has 0 amide bonds. The molecule has 5 atom stereocenters. The Labute approximate surface area is 88.9 Å². The summed E-state index contributed by atoms with van der Waals surface area (Å²) in [6.45, 7) is 11.1. The van der Waals surface area contributed by atoms with Crippen LogP contribution in [0, 0.1) is 29.6 Å². The maximum atomic E-state index is 2.57. The normalized spacial score (nSPS) is 48.9. The smallest absolute Gasteiger partial charge is 0.00982 e. The van der Waals surface area contributed by atoms with Crippen LogP contribution in [0.2, 0.25) is 0 Å². The Morgan fingerprint density at radius 1 is 1.21 bits per heavy atom. The van der Waals surface area contributed by atoms with E-state index in [0.29, 0.717) is 0 Å². The Hall–Kier alpha value is -0.0400. The highest BCUT2D eigenvalue weighted by Gasteiger charge is 2.49. The van der Waals surface area contributed by atoms with Gasteiger partial charge in [0.1, 0.15) is 0 Å². The van der Waals surface area contributed by atoms with Crippen molar-refractivity contribution in [1.82, 2.24) is 4.90 Å². The van der Waals surface area contributed by atoms with Gasteiger partial charge >= 0.3 is 0 Å². The Kier molecular flexibility index (Phi) is 2.63. The summed E-state index contributed by atoms with van der Waals surface area (Å²) in [7, 11) is 2.30. The van der Waals surface area contributed by atoms with Gasteiger partial charge < -0.3 is 4.90 Å². The monoisotopic (exact) mass is 195 g/mol. The second-order valence-corrected chi connectivity index (χ2v) is 6.04. The molecule has 1 nitrogen and oxygen atoms in total. The maximum Gasteiger partial charge on any atom is 0.00982 e. The summed E-state index contributed by atoms with van der Waals surface area (Å²) in [4.78, 5) is 2.57. The topological polar surface area (TPSA) is 3.24 Å². The Balaban J connectivity index is 2.18. The largest absolute Gasteiger partial charge is 0.303 e. The second-order valence-electron chi connectivity index (χ2n) is 6.04. The highest BCUT2D eigenvalue weighted by Crippen LogP contribution is 2.50. The van der Waals surface area contributed by atoms with Crippen molar-refractivity contribution in [3.8, 4) is 0 Å². The third-order valence-electron chi connectivity index (χ3n) is 4.97. The molecule has 14 heavy (non-hydrogen) atoms. The van der Waals surface area contributed by atoms with Crippen molar-refractivity contribution >= 4 is 0 Å². The molecule has 5 unspecified atom stereocenters. The summed E-state index contributed by atoms with van der Waals surface area (Å²) in [6, 6.07) is 0.817. The highest BCUT2D eigenvalue weighted by atomic mass is 15.2. The average molecular weight is 195 g/mol. The van der Waals surface area contributed by atoms with Gasteiger partial charge in [0.2, 0.25) is 0 Å². The van der Waals surface area contributed by atoms with Gasteiger partial charge in [-0.25, -0.2) is 0 Å². The first-order valence-electron chi connectivity index (χ1n) is 6.22. The van der Waals surface area contributed by atoms with E-state index < -0.39 is 0 Å². The fourth-order valence-electron chi connectivity index (χ4n) is 3.98. The first-order valence-corrected chi connectivity index (χ1v) is 6.22. The lowest BCUT2D eigenvalue weighted by Gasteiger charge is -2.28. The van der Waals surface area contributed by atoms with Crippen LogP contribution in [0.25, 0.3) is 0 Å². The van der Waals surface area contributed by atoms with E-state index in [-0.39, 0.29) is 0 Å². The number of rotatable bonds is 1. The molecule has 1 saturated carbocycles. The van der Waals surface area contributed by atoms with Gasteiger partial charge in [0.25, 0.3) is 0 Å². The Morgan fingerprint density at radius 2 is 1.86 bits per heavy atom. The molecule has 1 aliphatic carbocycles. The standard InChI is InChI=1S/C13H25N/c1-8(2)11-6-9(3)12-7-14(5)10(4)13(11)12/h8-13H,6-7H2,1-5H3. The first kappa shape index (κ1) is 10.5. The lowest BCUT2D eigenvalue weighted by atomic mass is 9.81. The molecular formula is C13H25N. The molecule has 82 valence electrons. The molecule has 1 heteroatoms. The van der Waals surface area contributed by atoms with Gasteiger partial charge in [0.05, 0.1) is 0 Å². The highest BCUT2D eigenvalue weighted by molar-refractivity contribution is 5.00. The van der Waals surface area contributed by atoms with Gasteiger partial charge in [-0.15, -0.1) is 0 Å². The van der Waals surface area contributed by atoms with Crippen molar-refractivity contribution in [2.24, 2.45) is 29.6 Å². The summed E-state index contributed by atoms with van der Waals surface area (Å²) < 4.78 is 0. The number of nitrogens with zero attached hydrogens (tertiary/aromatic N) is 1. The molecule has 1 aliphatic heterocycles. The summed E-state index contributed by atoms with van der Waals surface area (Å²) >= 11 is 0. The number of fused-ring (bicyclic) bond motifs is 1. The fraction of sp³-hybridized carbons (Fsp3) is 1.00. The molecule has 0 aromatic rings. The predicted molar refractivity (Wildman–Crippen MR) is 61.2 cm³/mol. The van der Waals surface area contributed by atoms with Crippen LogP contribution < -0.4 is 0 Å². The van der Waals surface area contributed by atoms with Crippen molar-refractivity contribution in [3.63, 3.8) is 0 Å². The minimum atomic E-state index is 0.817. The van der Waals surface area contributed by atoms with Crippen LogP contribution >= 0.6 is 0 Å². The van der Waals surface area contributed by atoms with Gasteiger partial charge in [-0.1, -0.05) is 20.8 Å². The summed E-state index contributed by atoms with van der Waals surface area (Å²) in [6.07, 6.45) is 1.48. The molecule has 1 heterocycles. The fourth-order valence-corrected chi connectivity index (χ4v) is 3.98. The molecule has 0 bridgehead atoms. The van der Waals surface area contributed by atoms with Crippen LogP contribution in [0.4, 0.5) is 0 Å². The van der Waals surface area contributed by atoms with Crippen molar-refractivity contribution in [2.75, 3.05) is 13.6 Å². The summed E-state index contributed by atoms with van der Waals surface area (Å²) in [5.74, 6) is 4.79. The van der Waals surface area contributed by atoms with E-state index in [2.05, 4.69) is 39.6 Å². The maximum absolute atomic E-state index is 2.57. The first-order chi connectivity index (χ1) is 6.52. The molecule has 0 aromatic heterocycles. The van der Waals surface area contributed by atoms with Crippen LogP contribution in [0.15, 0.2) is 0 Å². The molecule has 0 N–H and O–H groups in total. The third-order valence-corrected chi connectivity index (χ3v) is 4.97. The minimum absolute atomic E-state index is 0.817. The second kappa shape index (κ2) is 3.52. The van der Waals surface area contributed by atoms with Crippen LogP contribution in [0.3, 0.4) is 0 Å². The molecule has 0 spiro atoms. The number of hydrogen-bond donors (Lipinski definition) is 0. The van der Waals surface area contributed by atoms with Crippen molar-refractivity contribution in [1.29, 1.82) is 0 Å². The van der Waals surface area contributed by atoms with E-state index in [4.69, 9.17) is 0 Å². The SMILES string of the molecule is CC(C)C1CC(C)C2CN(C)C(C)C12. The lowest BCUT2D eigenvalue weighted by molar-refractivity contribution is 0.207. The van der Waals surface area contributed by atoms with E-state index in [0.717, 1.165) is 35.6 Å².